The quantitative estimate of drug-likeness (QED) is 0.483. The highest BCUT2D eigenvalue weighted by atomic mass is 15.1. The second-order valence-corrected chi connectivity index (χ2v) is 2.91. The van der Waals surface area contributed by atoms with Gasteiger partial charge in [-0.05, 0) is 6.42 Å². The van der Waals surface area contributed by atoms with Crippen molar-refractivity contribution in [2.45, 2.75) is 26.3 Å². The van der Waals surface area contributed by atoms with Gasteiger partial charge in [-0.3, -0.25) is 0 Å². The van der Waals surface area contributed by atoms with E-state index in [1.807, 2.05) is 19.4 Å². The lowest BCUT2D eigenvalue weighted by Gasteiger charge is -1.95. The van der Waals surface area contributed by atoms with Crippen LogP contribution in [0.4, 0.5) is 0 Å². The molecule has 0 aliphatic heterocycles. The molecule has 0 unspecified atom stereocenters. The summed E-state index contributed by atoms with van der Waals surface area (Å²) in [5, 5.41) is 8.35. The van der Waals surface area contributed by atoms with Crippen LogP contribution in [-0.2, 0) is 13.6 Å². The number of nitriles is 1. The fourth-order valence-electron chi connectivity index (χ4n) is 1.16. The minimum atomic E-state index is 0.640. The van der Waals surface area contributed by atoms with Crippen molar-refractivity contribution in [1.82, 2.24) is 4.57 Å². The number of aryl methyl sites for hydroxylation is 2. The largest absolute Gasteiger partial charge is 0.253 e. The Morgan fingerprint density at radius 2 is 2.42 bits per heavy atom. The lowest BCUT2D eigenvalue weighted by atomic mass is 10.3. The smallest absolute Gasteiger partial charge is 0.237 e. The Morgan fingerprint density at radius 3 is 2.92 bits per heavy atom. The van der Waals surface area contributed by atoms with Gasteiger partial charge in [-0.15, -0.1) is 0 Å². The zero-order valence-corrected chi connectivity index (χ0v) is 7.62. The molecule has 0 N–H and O–H groups in total. The highest BCUT2D eigenvalue weighted by Crippen LogP contribution is 1.97. The molecule has 0 radical (unpaired) electrons. The summed E-state index contributed by atoms with van der Waals surface area (Å²) >= 11 is 0. The second kappa shape index (κ2) is 3.91. The normalized spacial score (nSPS) is 9.75. The number of unbranched alkanes of at least 4 members (excludes halogenated alkanes) is 1. The number of imidazole rings is 1. The first-order valence-electron chi connectivity index (χ1n) is 4.14. The molecule has 1 heterocycles. The molecule has 0 aliphatic rings. The van der Waals surface area contributed by atoms with E-state index in [1.165, 1.54) is 5.82 Å². The summed E-state index contributed by atoms with van der Waals surface area (Å²) in [5.74, 6) is 1.23. The Labute approximate surface area is 72.9 Å². The van der Waals surface area contributed by atoms with E-state index in [4.69, 9.17) is 5.26 Å². The Kier molecular flexibility index (Phi) is 2.87. The predicted molar refractivity (Wildman–Crippen MR) is 45.2 cm³/mol. The van der Waals surface area contributed by atoms with Crippen LogP contribution >= 0.6 is 0 Å². The molecule has 3 nitrogen and oxygen atoms in total. The van der Waals surface area contributed by atoms with Crippen LogP contribution in [0.1, 0.15) is 18.7 Å². The Morgan fingerprint density at radius 1 is 1.67 bits per heavy atom. The molecule has 0 saturated carbocycles. The minimum Gasteiger partial charge on any atom is -0.237 e. The summed E-state index contributed by atoms with van der Waals surface area (Å²) in [6.45, 7) is 3.02. The number of rotatable bonds is 3. The molecule has 0 fully saturated rings. The van der Waals surface area contributed by atoms with E-state index < -0.39 is 0 Å². The van der Waals surface area contributed by atoms with E-state index >= 15 is 0 Å². The fraction of sp³-hybridized carbons (Fsp3) is 0.556. The van der Waals surface area contributed by atoms with E-state index in [-0.39, 0.29) is 0 Å². The number of hydrogen-bond acceptors (Lipinski definition) is 1. The second-order valence-electron chi connectivity index (χ2n) is 2.91. The van der Waals surface area contributed by atoms with Gasteiger partial charge < -0.3 is 0 Å². The molecule has 0 bridgehead atoms. The van der Waals surface area contributed by atoms with E-state index in [1.54, 1.807) is 0 Å². The van der Waals surface area contributed by atoms with Gasteiger partial charge in [-0.25, -0.2) is 9.13 Å². The molecular weight excluding hydrogens is 150 g/mol. The maximum Gasteiger partial charge on any atom is 0.253 e. The molecule has 0 aliphatic carbocycles. The van der Waals surface area contributed by atoms with Gasteiger partial charge in [0, 0.05) is 13.3 Å². The fourth-order valence-corrected chi connectivity index (χ4v) is 1.16. The van der Waals surface area contributed by atoms with Crippen LogP contribution in [-0.4, -0.2) is 4.57 Å². The van der Waals surface area contributed by atoms with Gasteiger partial charge in [-0.1, -0.05) is 0 Å². The third-order valence-corrected chi connectivity index (χ3v) is 2.08. The summed E-state index contributed by atoms with van der Waals surface area (Å²) in [7, 11) is 2.02. The van der Waals surface area contributed by atoms with Gasteiger partial charge in [-0.2, -0.15) is 5.26 Å². The maximum atomic E-state index is 8.35. The Bertz CT molecular complexity index is 293. The van der Waals surface area contributed by atoms with Crippen LogP contribution < -0.4 is 4.57 Å². The van der Waals surface area contributed by atoms with Crippen molar-refractivity contribution in [2.24, 2.45) is 7.05 Å². The lowest BCUT2D eigenvalue weighted by molar-refractivity contribution is -0.677. The highest BCUT2D eigenvalue weighted by molar-refractivity contribution is 4.80. The number of nitrogens with zero attached hydrogens (tertiary/aromatic N) is 3. The molecule has 1 aromatic heterocycles. The van der Waals surface area contributed by atoms with Crippen molar-refractivity contribution in [3.8, 4) is 6.07 Å². The molecule has 1 aromatic rings. The molecule has 64 valence electrons. The Balaban J connectivity index is 2.53. The van der Waals surface area contributed by atoms with Crippen molar-refractivity contribution >= 4 is 0 Å². The SMILES string of the molecule is Cc1n(CCCC#N)cc[n+]1C. The Hall–Kier alpha value is -1.30. The molecule has 0 amide bonds. The zero-order chi connectivity index (χ0) is 8.97. The monoisotopic (exact) mass is 164 g/mol. The van der Waals surface area contributed by atoms with E-state index in [2.05, 4.69) is 22.1 Å². The molecule has 3 heteroatoms. The third-order valence-electron chi connectivity index (χ3n) is 2.08. The molecular formula is C9H14N3+. The van der Waals surface area contributed by atoms with Gasteiger partial charge in [0.05, 0.1) is 19.7 Å². The summed E-state index contributed by atoms with van der Waals surface area (Å²) in [4.78, 5) is 0. The van der Waals surface area contributed by atoms with E-state index in [0.717, 1.165) is 13.0 Å². The average molecular weight is 164 g/mol. The average Bonchev–Trinajstić information content (AvgIpc) is 2.36. The van der Waals surface area contributed by atoms with Crippen molar-refractivity contribution in [3.05, 3.63) is 18.2 Å². The van der Waals surface area contributed by atoms with Crippen molar-refractivity contribution in [3.63, 3.8) is 0 Å². The standard InChI is InChI=1S/C9H14N3/c1-9-11(2)7-8-12(9)6-4-3-5-10/h7-8H,3-4,6H2,1-2H3/q+1. The summed E-state index contributed by atoms with van der Waals surface area (Å²) in [6, 6.07) is 2.14. The van der Waals surface area contributed by atoms with Gasteiger partial charge in [0.15, 0.2) is 0 Å². The van der Waals surface area contributed by atoms with Gasteiger partial charge in [0.25, 0.3) is 5.82 Å². The highest BCUT2D eigenvalue weighted by Gasteiger charge is 2.06. The van der Waals surface area contributed by atoms with Crippen molar-refractivity contribution < 1.29 is 4.57 Å². The van der Waals surface area contributed by atoms with Crippen molar-refractivity contribution in [1.29, 1.82) is 5.26 Å². The molecule has 12 heavy (non-hydrogen) atoms. The summed E-state index contributed by atoms with van der Waals surface area (Å²) < 4.78 is 4.24. The van der Waals surface area contributed by atoms with E-state index in [0.29, 0.717) is 6.42 Å². The first-order chi connectivity index (χ1) is 5.75. The number of hydrogen-bond donors (Lipinski definition) is 0. The van der Waals surface area contributed by atoms with Gasteiger partial charge in [0.2, 0.25) is 0 Å². The van der Waals surface area contributed by atoms with Crippen LogP contribution in [0.2, 0.25) is 0 Å². The molecule has 0 saturated heterocycles. The predicted octanol–water partition coefficient (Wildman–Crippen LogP) is 0.925. The molecule has 0 atom stereocenters. The molecule has 1 rings (SSSR count). The van der Waals surface area contributed by atoms with E-state index in [9.17, 15) is 0 Å². The lowest BCUT2D eigenvalue weighted by Crippen LogP contribution is -2.29. The first-order valence-corrected chi connectivity index (χ1v) is 4.14. The summed E-state index contributed by atoms with van der Waals surface area (Å²) in [5.41, 5.74) is 0. The summed E-state index contributed by atoms with van der Waals surface area (Å²) in [6.07, 6.45) is 5.65. The minimum absolute atomic E-state index is 0.640. The van der Waals surface area contributed by atoms with Crippen molar-refractivity contribution in [2.75, 3.05) is 0 Å². The van der Waals surface area contributed by atoms with Crippen LogP contribution in [0.5, 0.6) is 0 Å². The third kappa shape index (κ3) is 1.85. The van der Waals surface area contributed by atoms with Crippen LogP contribution in [0, 0.1) is 18.3 Å². The molecule has 0 aromatic carbocycles. The van der Waals surface area contributed by atoms with Gasteiger partial charge in [0.1, 0.15) is 12.4 Å². The topological polar surface area (TPSA) is 32.6 Å². The van der Waals surface area contributed by atoms with Crippen LogP contribution in [0.15, 0.2) is 12.4 Å². The first kappa shape index (κ1) is 8.79. The van der Waals surface area contributed by atoms with Gasteiger partial charge >= 0.3 is 0 Å². The zero-order valence-electron chi connectivity index (χ0n) is 7.62. The molecule has 0 spiro atoms. The maximum absolute atomic E-state index is 8.35. The van der Waals surface area contributed by atoms with Crippen LogP contribution in [0.25, 0.3) is 0 Å². The van der Waals surface area contributed by atoms with Crippen LogP contribution in [0.3, 0.4) is 0 Å². The number of aromatic nitrogens is 2.